The zero-order chi connectivity index (χ0) is 34.2. The fraction of sp³-hybridized carbons (Fsp3) is 0.471. The van der Waals surface area contributed by atoms with Gasteiger partial charge in [0.2, 0.25) is 0 Å². The van der Waals surface area contributed by atoms with Crippen molar-refractivity contribution in [2.24, 2.45) is 5.92 Å². The van der Waals surface area contributed by atoms with Gasteiger partial charge in [0.25, 0.3) is 0 Å². The van der Waals surface area contributed by atoms with Gasteiger partial charge in [0, 0.05) is 35.8 Å². The molecular weight excluding hydrogens is 732 g/mol. The van der Waals surface area contributed by atoms with Crippen molar-refractivity contribution in [1.82, 2.24) is 0 Å². The van der Waals surface area contributed by atoms with Crippen LogP contribution >= 0.6 is 42.9 Å². The smallest absolute Gasteiger partial charge is 0.404 e. The molecule has 0 saturated heterocycles. The molecule has 4 rings (SSSR count). The number of benzene rings is 3. The molecule has 1 atom stereocenters. The van der Waals surface area contributed by atoms with Crippen molar-refractivity contribution in [1.29, 1.82) is 0 Å². The van der Waals surface area contributed by atoms with E-state index in [-0.39, 0.29) is 23.8 Å². The largest absolute Gasteiger partial charge is 0.490 e. The maximum Gasteiger partial charge on any atom is 0.404 e. The molecule has 1 fully saturated rings. The predicted molar refractivity (Wildman–Crippen MR) is 189 cm³/mol. The van der Waals surface area contributed by atoms with Gasteiger partial charge in [-0.1, -0.05) is 65.2 Å². The molecule has 0 aliphatic heterocycles. The third-order valence-electron chi connectivity index (χ3n) is 8.23. The van der Waals surface area contributed by atoms with Gasteiger partial charge in [-0.15, -0.1) is 0 Å². The molecule has 7 nitrogen and oxygen atoms in total. The number of alkyl halides is 2. The first-order valence-electron chi connectivity index (χ1n) is 15.7. The number of rotatable bonds is 17. The van der Waals surface area contributed by atoms with Crippen LogP contribution in [0.25, 0.3) is 11.1 Å². The molecular formula is C34H43BrF2O7P2S. The van der Waals surface area contributed by atoms with Gasteiger partial charge < -0.3 is 22.8 Å². The highest BCUT2D eigenvalue weighted by atomic mass is 79.9. The Bertz CT molecular complexity index is 1570. The summed E-state index contributed by atoms with van der Waals surface area (Å²) in [5.41, 5.74) is -0.783. The average molecular weight is 776 g/mol. The van der Waals surface area contributed by atoms with Crippen molar-refractivity contribution in [3.05, 3.63) is 81.8 Å². The monoisotopic (exact) mass is 774 g/mol. The highest BCUT2D eigenvalue weighted by Gasteiger charge is 2.55. The summed E-state index contributed by atoms with van der Waals surface area (Å²) < 4.78 is 84.1. The van der Waals surface area contributed by atoms with Crippen LogP contribution < -0.4 is 10.0 Å². The van der Waals surface area contributed by atoms with E-state index in [0.29, 0.717) is 28.5 Å². The van der Waals surface area contributed by atoms with Crippen molar-refractivity contribution in [2.75, 3.05) is 27.4 Å². The molecule has 0 bridgehead atoms. The van der Waals surface area contributed by atoms with Crippen molar-refractivity contribution in [3.63, 3.8) is 0 Å². The summed E-state index contributed by atoms with van der Waals surface area (Å²) in [5, 5.41) is 0.444. The lowest BCUT2D eigenvalue weighted by Gasteiger charge is -2.26. The Morgan fingerprint density at radius 1 is 0.894 bits per heavy atom. The van der Waals surface area contributed by atoms with Gasteiger partial charge in [0.05, 0.1) is 24.6 Å². The molecule has 0 heterocycles. The van der Waals surface area contributed by atoms with Crippen molar-refractivity contribution in [3.8, 4) is 16.9 Å². The second kappa shape index (κ2) is 16.9. The average Bonchev–Trinajstić information content (AvgIpc) is 3.61. The second-order valence-electron chi connectivity index (χ2n) is 11.3. The minimum Gasteiger partial charge on any atom is -0.490 e. The SMILES string of the molecule is CCOP(=O)(OCC)C(F)(F)c1ccc(CSCc2ccc(-c3ccc(OC(C)C4CCCC4)cc3P(=O)(OC)OC)cc2)cc1Br. The first-order chi connectivity index (χ1) is 22.4. The number of halogens is 3. The first kappa shape index (κ1) is 38.3. The van der Waals surface area contributed by atoms with Gasteiger partial charge in [-0.05, 0) is 86.1 Å². The van der Waals surface area contributed by atoms with Gasteiger partial charge in [-0.25, -0.2) is 0 Å². The van der Waals surface area contributed by atoms with E-state index in [2.05, 4.69) is 22.9 Å². The van der Waals surface area contributed by atoms with Crippen LogP contribution in [0, 0.1) is 5.92 Å². The van der Waals surface area contributed by atoms with E-state index in [0.717, 1.165) is 35.1 Å². The lowest BCUT2D eigenvalue weighted by molar-refractivity contribution is 0.0354. The molecule has 1 aliphatic carbocycles. The molecule has 0 spiro atoms. The summed E-state index contributed by atoms with van der Waals surface area (Å²) in [6.07, 6.45) is 4.81. The zero-order valence-electron chi connectivity index (χ0n) is 27.4. The van der Waals surface area contributed by atoms with Gasteiger partial charge in [0.1, 0.15) is 5.75 Å². The molecule has 1 saturated carbocycles. The van der Waals surface area contributed by atoms with Gasteiger partial charge >= 0.3 is 20.9 Å². The number of thioether (sulfide) groups is 1. The van der Waals surface area contributed by atoms with Crippen molar-refractivity contribution < 1.29 is 40.7 Å². The third kappa shape index (κ3) is 8.98. The molecule has 0 aromatic heterocycles. The second-order valence-corrected chi connectivity index (χ2v) is 17.4. The number of hydrogen-bond acceptors (Lipinski definition) is 8. The molecule has 1 unspecified atom stereocenters. The van der Waals surface area contributed by atoms with E-state index in [9.17, 15) is 9.13 Å². The van der Waals surface area contributed by atoms with Crippen LogP contribution in [-0.2, 0) is 44.4 Å². The van der Waals surface area contributed by atoms with Crippen LogP contribution in [0.5, 0.6) is 5.75 Å². The maximum atomic E-state index is 15.3. The maximum absolute atomic E-state index is 15.3. The summed E-state index contributed by atoms with van der Waals surface area (Å²) in [5.74, 6) is 2.38. The number of ether oxygens (including phenoxy) is 1. The van der Waals surface area contributed by atoms with Crippen LogP contribution in [0.4, 0.5) is 8.78 Å². The minimum absolute atomic E-state index is 0.0527. The highest BCUT2D eigenvalue weighted by Crippen LogP contribution is 2.67. The fourth-order valence-corrected chi connectivity index (χ4v) is 10.4. The van der Waals surface area contributed by atoms with Crippen molar-refractivity contribution in [2.45, 2.75) is 69.7 Å². The first-order valence-corrected chi connectivity index (χ1v) is 20.7. The Labute approximate surface area is 289 Å². The molecule has 1 aliphatic rings. The zero-order valence-corrected chi connectivity index (χ0v) is 31.6. The number of hydrogen-bond donors (Lipinski definition) is 0. The topological polar surface area (TPSA) is 80.3 Å². The normalized spacial score (nSPS) is 15.2. The van der Waals surface area contributed by atoms with Gasteiger partial charge in [-0.2, -0.15) is 20.5 Å². The lowest BCUT2D eigenvalue weighted by Crippen LogP contribution is -2.22. The lowest BCUT2D eigenvalue weighted by atomic mass is 10.0. The standard InChI is InChI=1S/C34H43BrF2O7P2S/c1-6-42-46(39,43-7-2)34(36,37)31-19-14-26(20-32(31)35)23-47-22-25-12-15-28(16-13-25)30-18-17-29(21-33(30)45(38,40-4)41-5)44-24(3)27-10-8-9-11-27/h12-21,24,27H,6-11,22-23H2,1-5H3. The van der Waals surface area contributed by atoms with Gasteiger partial charge in [0.15, 0.2) is 0 Å². The highest BCUT2D eigenvalue weighted by molar-refractivity contribution is 9.10. The summed E-state index contributed by atoms with van der Waals surface area (Å²) >= 11 is 4.86. The predicted octanol–water partition coefficient (Wildman–Crippen LogP) is 10.9. The minimum atomic E-state index is -4.71. The fourth-order valence-electron chi connectivity index (χ4n) is 5.71. The van der Waals surface area contributed by atoms with Crippen LogP contribution in [0.3, 0.4) is 0 Å². The van der Waals surface area contributed by atoms with Crippen molar-refractivity contribution >= 4 is 48.2 Å². The van der Waals surface area contributed by atoms with Crippen LogP contribution in [0.15, 0.2) is 65.1 Å². The Balaban J connectivity index is 1.45. The van der Waals surface area contributed by atoms with E-state index in [4.69, 9.17) is 22.8 Å². The Kier molecular flexibility index (Phi) is 13.8. The van der Waals surface area contributed by atoms with E-state index < -0.39 is 26.4 Å². The van der Waals surface area contributed by atoms with E-state index in [1.807, 2.05) is 36.4 Å². The molecule has 3 aromatic rings. The van der Waals surface area contributed by atoms with Crippen LogP contribution in [0.2, 0.25) is 0 Å². The third-order valence-corrected chi connectivity index (χ3v) is 14.0. The van der Waals surface area contributed by atoms with E-state index in [1.165, 1.54) is 47.0 Å². The van der Waals surface area contributed by atoms with Gasteiger partial charge in [-0.3, -0.25) is 9.13 Å². The van der Waals surface area contributed by atoms with E-state index >= 15 is 8.78 Å². The molecule has 258 valence electrons. The molecule has 0 amide bonds. The quantitative estimate of drug-likeness (QED) is 0.125. The Hall–Kier alpha value is -1.55. The Morgan fingerprint density at radius 2 is 1.49 bits per heavy atom. The summed E-state index contributed by atoms with van der Waals surface area (Å²) in [6, 6.07) is 18.0. The molecule has 0 radical (unpaired) electrons. The van der Waals surface area contributed by atoms with E-state index in [1.54, 1.807) is 30.0 Å². The summed E-state index contributed by atoms with van der Waals surface area (Å²) in [4.78, 5) is 0. The molecule has 13 heteroatoms. The van der Waals surface area contributed by atoms with Crippen LogP contribution in [-0.4, -0.2) is 33.5 Å². The van der Waals surface area contributed by atoms with Crippen LogP contribution in [0.1, 0.15) is 63.1 Å². The summed E-state index contributed by atoms with van der Waals surface area (Å²) in [6.45, 7) is 4.75. The summed E-state index contributed by atoms with van der Waals surface area (Å²) in [7, 11) is -5.55. The molecule has 0 N–H and O–H groups in total. The molecule has 3 aromatic carbocycles. The Morgan fingerprint density at radius 3 is 2.06 bits per heavy atom. The molecule has 47 heavy (non-hydrogen) atoms.